The van der Waals surface area contributed by atoms with E-state index in [0.29, 0.717) is 12.1 Å². The molecule has 2 aromatic heterocycles. The van der Waals surface area contributed by atoms with Crippen molar-refractivity contribution < 1.29 is 4.79 Å². The van der Waals surface area contributed by atoms with Crippen molar-refractivity contribution in [2.24, 2.45) is 0 Å². The Morgan fingerprint density at radius 1 is 1.04 bits per heavy atom. The Morgan fingerprint density at radius 3 is 2.68 bits per heavy atom. The molecule has 0 bridgehead atoms. The van der Waals surface area contributed by atoms with Crippen LogP contribution in [-0.4, -0.2) is 25.7 Å². The monoisotopic (exact) mass is 329 g/mol. The van der Waals surface area contributed by atoms with Gasteiger partial charge in [-0.3, -0.25) is 9.78 Å². The zero-order valence-corrected chi connectivity index (χ0v) is 13.3. The first-order valence-electron chi connectivity index (χ1n) is 7.86. The van der Waals surface area contributed by atoms with Crippen LogP contribution in [0, 0.1) is 0 Å². The molecule has 0 aliphatic heterocycles. The zero-order valence-electron chi connectivity index (χ0n) is 13.3. The highest BCUT2D eigenvalue weighted by Crippen LogP contribution is 2.18. The van der Waals surface area contributed by atoms with Crippen LogP contribution in [0.5, 0.6) is 0 Å². The molecule has 0 fully saturated rings. The summed E-state index contributed by atoms with van der Waals surface area (Å²) in [4.78, 5) is 20.8. The van der Waals surface area contributed by atoms with Crippen molar-refractivity contribution in [2.75, 3.05) is 5.32 Å². The number of anilines is 1. The van der Waals surface area contributed by atoms with Gasteiger partial charge in [-0.2, -0.15) is 5.10 Å². The molecule has 0 saturated carbocycles. The van der Waals surface area contributed by atoms with Crippen LogP contribution in [0.4, 0.5) is 5.69 Å². The van der Waals surface area contributed by atoms with Gasteiger partial charge in [0.15, 0.2) is 0 Å². The largest absolute Gasteiger partial charge is 0.322 e. The Bertz CT molecular complexity index is 1000. The van der Waals surface area contributed by atoms with E-state index in [-0.39, 0.29) is 5.91 Å². The summed E-state index contributed by atoms with van der Waals surface area (Å²) < 4.78 is 1.75. The van der Waals surface area contributed by atoms with Crippen LogP contribution in [0.25, 0.3) is 10.9 Å². The maximum Gasteiger partial charge on any atom is 0.256 e. The lowest BCUT2D eigenvalue weighted by atomic mass is 10.1. The van der Waals surface area contributed by atoms with Crippen molar-refractivity contribution in [3.05, 3.63) is 84.6 Å². The first-order chi connectivity index (χ1) is 12.3. The molecule has 0 unspecified atom stereocenters. The van der Waals surface area contributed by atoms with Crippen molar-refractivity contribution in [2.45, 2.75) is 6.54 Å². The molecule has 6 heteroatoms. The molecule has 1 N–H and O–H groups in total. The number of nitrogens with one attached hydrogen (secondary N) is 1. The van der Waals surface area contributed by atoms with Gasteiger partial charge in [0, 0.05) is 17.3 Å². The fraction of sp³-hybridized carbons (Fsp3) is 0.0526. The summed E-state index contributed by atoms with van der Waals surface area (Å²) in [6, 6.07) is 17.0. The second-order valence-electron chi connectivity index (χ2n) is 5.62. The smallest absolute Gasteiger partial charge is 0.256 e. The normalized spacial score (nSPS) is 10.7. The predicted molar refractivity (Wildman–Crippen MR) is 95.3 cm³/mol. The number of hydrogen-bond donors (Lipinski definition) is 1. The number of para-hydroxylation sites is 1. The SMILES string of the molecule is O=C(Nc1ccc(Cn2cncn2)cc1)c1ccnc2ccccc12. The van der Waals surface area contributed by atoms with Crippen LogP contribution in [0.15, 0.2) is 73.4 Å². The molecule has 25 heavy (non-hydrogen) atoms. The first-order valence-corrected chi connectivity index (χ1v) is 7.86. The van der Waals surface area contributed by atoms with E-state index in [0.717, 1.165) is 22.2 Å². The van der Waals surface area contributed by atoms with Crippen molar-refractivity contribution in [1.82, 2.24) is 19.7 Å². The minimum atomic E-state index is -0.150. The molecular formula is C19H15N5O. The molecule has 0 spiro atoms. The van der Waals surface area contributed by atoms with Gasteiger partial charge in [0.2, 0.25) is 0 Å². The number of aromatic nitrogens is 4. The molecule has 0 saturated heterocycles. The van der Waals surface area contributed by atoms with E-state index in [1.165, 1.54) is 6.33 Å². The van der Waals surface area contributed by atoms with E-state index in [1.807, 2.05) is 48.5 Å². The van der Waals surface area contributed by atoms with Crippen molar-refractivity contribution in [3.8, 4) is 0 Å². The summed E-state index contributed by atoms with van der Waals surface area (Å²) in [5, 5.41) is 7.85. The summed E-state index contributed by atoms with van der Waals surface area (Å²) in [5.41, 5.74) is 3.24. The van der Waals surface area contributed by atoms with Crippen molar-refractivity contribution in [3.63, 3.8) is 0 Å². The fourth-order valence-corrected chi connectivity index (χ4v) is 2.69. The minimum Gasteiger partial charge on any atom is -0.322 e. The second kappa shape index (κ2) is 6.52. The highest BCUT2D eigenvalue weighted by Gasteiger charge is 2.10. The first kappa shape index (κ1) is 15.0. The van der Waals surface area contributed by atoms with Gasteiger partial charge in [-0.1, -0.05) is 30.3 Å². The Hall–Kier alpha value is -3.54. The summed E-state index contributed by atoms with van der Waals surface area (Å²) in [7, 11) is 0. The number of amides is 1. The van der Waals surface area contributed by atoms with Crippen LogP contribution in [-0.2, 0) is 6.54 Å². The summed E-state index contributed by atoms with van der Waals surface area (Å²) >= 11 is 0. The number of hydrogen-bond acceptors (Lipinski definition) is 4. The number of carbonyl (C=O) groups is 1. The van der Waals surface area contributed by atoms with Crippen LogP contribution in [0.2, 0.25) is 0 Å². The molecule has 122 valence electrons. The molecule has 0 radical (unpaired) electrons. The Morgan fingerprint density at radius 2 is 1.88 bits per heavy atom. The van der Waals surface area contributed by atoms with Gasteiger partial charge in [0.1, 0.15) is 12.7 Å². The number of rotatable bonds is 4. The van der Waals surface area contributed by atoms with E-state index < -0.39 is 0 Å². The molecule has 2 aromatic carbocycles. The van der Waals surface area contributed by atoms with Gasteiger partial charge in [0.25, 0.3) is 5.91 Å². The van der Waals surface area contributed by atoms with E-state index in [2.05, 4.69) is 20.4 Å². The van der Waals surface area contributed by atoms with Crippen LogP contribution in [0.3, 0.4) is 0 Å². The third-order valence-corrected chi connectivity index (χ3v) is 3.92. The van der Waals surface area contributed by atoms with E-state index >= 15 is 0 Å². The molecule has 4 aromatic rings. The third kappa shape index (κ3) is 3.23. The summed E-state index contributed by atoms with van der Waals surface area (Å²) in [5.74, 6) is -0.150. The lowest BCUT2D eigenvalue weighted by Crippen LogP contribution is -2.12. The topological polar surface area (TPSA) is 72.7 Å². The third-order valence-electron chi connectivity index (χ3n) is 3.92. The van der Waals surface area contributed by atoms with Gasteiger partial charge < -0.3 is 5.32 Å². The quantitative estimate of drug-likeness (QED) is 0.624. The highest BCUT2D eigenvalue weighted by atomic mass is 16.1. The molecule has 0 atom stereocenters. The molecule has 0 aliphatic rings. The van der Waals surface area contributed by atoms with Crippen LogP contribution in [0.1, 0.15) is 15.9 Å². The van der Waals surface area contributed by atoms with Gasteiger partial charge in [0.05, 0.1) is 17.6 Å². The lowest BCUT2D eigenvalue weighted by molar-refractivity contribution is 0.102. The number of benzene rings is 2. The Balaban J connectivity index is 1.52. The van der Waals surface area contributed by atoms with E-state index in [1.54, 1.807) is 23.3 Å². The Labute approximate surface area is 144 Å². The lowest BCUT2D eigenvalue weighted by Gasteiger charge is -2.08. The number of fused-ring (bicyclic) bond motifs is 1. The Kier molecular flexibility index (Phi) is 3.92. The van der Waals surface area contributed by atoms with Gasteiger partial charge in [-0.25, -0.2) is 9.67 Å². The van der Waals surface area contributed by atoms with Gasteiger partial charge in [-0.05, 0) is 29.8 Å². The molecule has 4 rings (SSSR count). The molecule has 2 heterocycles. The molecule has 1 amide bonds. The fourth-order valence-electron chi connectivity index (χ4n) is 2.69. The van der Waals surface area contributed by atoms with E-state index in [9.17, 15) is 4.79 Å². The predicted octanol–water partition coefficient (Wildman–Crippen LogP) is 3.13. The maximum atomic E-state index is 12.6. The summed E-state index contributed by atoms with van der Waals surface area (Å²) in [6.45, 7) is 0.642. The highest BCUT2D eigenvalue weighted by molar-refractivity contribution is 6.12. The number of carbonyl (C=O) groups excluding carboxylic acids is 1. The molecule has 0 aliphatic carbocycles. The van der Waals surface area contributed by atoms with Gasteiger partial charge >= 0.3 is 0 Å². The van der Waals surface area contributed by atoms with Crippen molar-refractivity contribution in [1.29, 1.82) is 0 Å². The van der Waals surface area contributed by atoms with Crippen molar-refractivity contribution >= 4 is 22.5 Å². The number of nitrogens with zero attached hydrogens (tertiary/aromatic N) is 4. The minimum absolute atomic E-state index is 0.150. The average molecular weight is 329 g/mol. The van der Waals surface area contributed by atoms with Crippen LogP contribution >= 0.6 is 0 Å². The average Bonchev–Trinajstić information content (AvgIpc) is 3.16. The second-order valence-corrected chi connectivity index (χ2v) is 5.62. The van der Waals surface area contributed by atoms with Crippen LogP contribution < -0.4 is 5.32 Å². The van der Waals surface area contributed by atoms with E-state index in [4.69, 9.17) is 0 Å². The molecular weight excluding hydrogens is 314 g/mol. The zero-order chi connectivity index (χ0) is 17.1. The molecule has 6 nitrogen and oxygen atoms in total. The summed E-state index contributed by atoms with van der Waals surface area (Å²) in [6.07, 6.45) is 4.83. The number of pyridine rings is 1. The maximum absolute atomic E-state index is 12.6. The van der Waals surface area contributed by atoms with Gasteiger partial charge in [-0.15, -0.1) is 0 Å². The standard InChI is InChI=1S/C19H15N5O/c25-19(17-9-10-21-18-4-2-1-3-16(17)18)23-15-7-5-14(6-8-15)11-24-13-20-12-22-24/h1-10,12-13H,11H2,(H,23,25).